The first-order valence-corrected chi connectivity index (χ1v) is 6.23. The molecule has 2 aliphatic rings. The second-order valence-corrected chi connectivity index (χ2v) is 4.94. The van der Waals surface area contributed by atoms with Crippen LogP contribution in [0.1, 0.15) is 34.9 Å². The van der Waals surface area contributed by atoms with Gasteiger partial charge in [-0.15, -0.1) is 0 Å². The Balaban J connectivity index is 2.11. The zero-order valence-corrected chi connectivity index (χ0v) is 9.77. The fourth-order valence-electron chi connectivity index (χ4n) is 3.17. The molecule has 4 heteroatoms. The highest BCUT2D eigenvalue weighted by Gasteiger charge is 2.42. The molecule has 1 aromatic heterocycles. The Labute approximate surface area is 103 Å². The zero-order chi connectivity index (χ0) is 12.3. The van der Waals surface area contributed by atoms with E-state index in [0.29, 0.717) is 10.9 Å². The number of nitrogens with one attached hydrogen (secondary N) is 1. The van der Waals surface area contributed by atoms with E-state index in [9.17, 15) is 9.59 Å². The van der Waals surface area contributed by atoms with E-state index in [0.717, 1.165) is 30.6 Å². The van der Waals surface area contributed by atoms with Crippen molar-refractivity contribution in [2.45, 2.75) is 18.9 Å². The van der Waals surface area contributed by atoms with Gasteiger partial charge in [0.15, 0.2) is 0 Å². The summed E-state index contributed by atoms with van der Waals surface area (Å²) in [6.45, 7) is 0.766. The fourth-order valence-corrected chi connectivity index (χ4v) is 3.17. The molecule has 1 atom stereocenters. The molecule has 1 amide bonds. The molecular weight excluding hydrogens is 228 g/mol. The SMILES string of the molecule is O=C1c2c([nH]c3ccccc3c2=O)[C@@H]2CCCN12. The van der Waals surface area contributed by atoms with Crippen LogP contribution in [0.5, 0.6) is 0 Å². The van der Waals surface area contributed by atoms with Crippen molar-refractivity contribution in [1.82, 2.24) is 9.88 Å². The average Bonchev–Trinajstić information content (AvgIpc) is 2.95. The predicted molar refractivity (Wildman–Crippen MR) is 67.6 cm³/mol. The van der Waals surface area contributed by atoms with Crippen LogP contribution in [0.2, 0.25) is 0 Å². The number of carbonyl (C=O) groups excluding carboxylic acids is 1. The Morgan fingerprint density at radius 2 is 2.06 bits per heavy atom. The molecule has 90 valence electrons. The largest absolute Gasteiger partial charge is 0.356 e. The molecule has 0 bridgehead atoms. The summed E-state index contributed by atoms with van der Waals surface area (Å²) < 4.78 is 0. The van der Waals surface area contributed by atoms with Gasteiger partial charge in [-0.2, -0.15) is 0 Å². The Bertz CT molecular complexity index is 732. The van der Waals surface area contributed by atoms with E-state index in [4.69, 9.17) is 0 Å². The Hall–Kier alpha value is -2.10. The Morgan fingerprint density at radius 3 is 2.94 bits per heavy atom. The monoisotopic (exact) mass is 240 g/mol. The highest BCUT2D eigenvalue weighted by atomic mass is 16.2. The highest BCUT2D eigenvalue weighted by molar-refractivity contribution is 6.01. The zero-order valence-electron chi connectivity index (χ0n) is 9.77. The molecule has 1 aromatic carbocycles. The number of amides is 1. The number of H-pyrrole nitrogens is 1. The molecule has 0 aliphatic carbocycles. The summed E-state index contributed by atoms with van der Waals surface area (Å²) in [5.41, 5.74) is 1.88. The minimum atomic E-state index is -0.126. The van der Waals surface area contributed by atoms with Crippen LogP contribution in [0.4, 0.5) is 0 Å². The molecule has 4 rings (SSSR count). The van der Waals surface area contributed by atoms with Gasteiger partial charge in [-0.1, -0.05) is 12.1 Å². The first-order valence-electron chi connectivity index (χ1n) is 6.23. The van der Waals surface area contributed by atoms with Crippen molar-refractivity contribution in [1.29, 1.82) is 0 Å². The highest BCUT2D eigenvalue weighted by Crippen LogP contribution is 2.39. The Morgan fingerprint density at radius 1 is 1.22 bits per heavy atom. The van der Waals surface area contributed by atoms with Gasteiger partial charge in [-0.3, -0.25) is 9.59 Å². The van der Waals surface area contributed by atoms with Crippen molar-refractivity contribution >= 4 is 16.8 Å². The summed E-state index contributed by atoms with van der Waals surface area (Å²) in [7, 11) is 0. The maximum absolute atomic E-state index is 12.4. The second-order valence-electron chi connectivity index (χ2n) is 4.94. The number of pyridine rings is 1. The maximum atomic E-state index is 12.4. The predicted octanol–water partition coefficient (Wildman–Crippen LogP) is 1.82. The van der Waals surface area contributed by atoms with Crippen molar-refractivity contribution in [3.05, 3.63) is 45.7 Å². The van der Waals surface area contributed by atoms with Crippen molar-refractivity contribution in [2.75, 3.05) is 6.54 Å². The molecule has 0 spiro atoms. The molecule has 4 nitrogen and oxygen atoms in total. The lowest BCUT2D eigenvalue weighted by Crippen LogP contribution is -2.25. The molecule has 3 heterocycles. The van der Waals surface area contributed by atoms with Gasteiger partial charge >= 0.3 is 0 Å². The van der Waals surface area contributed by atoms with Gasteiger partial charge in [0.2, 0.25) is 5.43 Å². The third kappa shape index (κ3) is 1.05. The minimum Gasteiger partial charge on any atom is -0.356 e. The van der Waals surface area contributed by atoms with Crippen molar-refractivity contribution in [3.63, 3.8) is 0 Å². The molecular formula is C14H12N2O2. The number of aromatic nitrogens is 1. The molecule has 2 aromatic rings. The van der Waals surface area contributed by atoms with Crippen LogP contribution in [-0.2, 0) is 0 Å². The van der Waals surface area contributed by atoms with Crippen LogP contribution in [-0.4, -0.2) is 22.3 Å². The van der Waals surface area contributed by atoms with E-state index in [1.165, 1.54) is 0 Å². The van der Waals surface area contributed by atoms with E-state index in [-0.39, 0.29) is 17.4 Å². The molecule has 1 fully saturated rings. The number of benzene rings is 1. The lowest BCUT2D eigenvalue weighted by atomic mass is 10.1. The number of fused-ring (bicyclic) bond motifs is 4. The van der Waals surface area contributed by atoms with Crippen molar-refractivity contribution in [3.8, 4) is 0 Å². The minimum absolute atomic E-state index is 0.0878. The van der Waals surface area contributed by atoms with Crippen LogP contribution in [0.15, 0.2) is 29.1 Å². The third-order valence-corrected chi connectivity index (χ3v) is 4.00. The number of rotatable bonds is 0. The lowest BCUT2D eigenvalue weighted by Gasteiger charge is -2.14. The van der Waals surface area contributed by atoms with E-state index < -0.39 is 0 Å². The molecule has 0 saturated carbocycles. The molecule has 0 unspecified atom stereocenters. The number of aromatic amines is 1. The summed E-state index contributed by atoms with van der Waals surface area (Å²) >= 11 is 0. The fraction of sp³-hybridized carbons (Fsp3) is 0.286. The number of hydrogen-bond acceptors (Lipinski definition) is 2. The van der Waals surface area contributed by atoms with E-state index in [2.05, 4.69) is 4.98 Å². The van der Waals surface area contributed by atoms with Crippen molar-refractivity contribution < 1.29 is 4.79 Å². The molecule has 1 saturated heterocycles. The first kappa shape index (κ1) is 9.88. The summed E-state index contributed by atoms with van der Waals surface area (Å²) in [5, 5.41) is 0.603. The van der Waals surface area contributed by atoms with Gasteiger partial charge in [0.05, 0.1) is 11.7 Å². The summed E-state index contributed by atoms with van der Waals surface area (Å²) in [5.74, 6) is -0.0977. The van der Waals surface area contributed by atoms with Crippen LogP contribution in [0.3, 0.4) is 0 Å². The van der Waals surface area contributed by atoms with E-state index >= 15 is 0 Å². The second kappa shape index (κ2) is 3.22. The first-order chi connectivity index (χ1) is 8.77. The van der Waals surface area contributed by atoms with Crippen LogP contribution in [0, 0.1) is 0 Å². The third-order valence-electron chi connectivity index (χ3n) is 4.00. The number of hydrogen-bond donors (Lipinski definition) is 1. The summed E-state index contributed by atoms with van der Waals surface area (Å²) in [6.07, 6.45) is 1.97. The normalized spacial score (nSPS) is 21.4. The quantitative estimate of drug-likeness (QED) is 0.763. The van der Waals surface area contributed by atoms with Gasteiger partial charge < -0.3 is 9.88 Å². The van der Waals surface area contributed by atoms with E-state index in [1.54, 1.807) is 6.07 Å². The topological polar surface area (TPSA) is 53.2 Å². The van der Waals surface area contributed by atoms with Gasteiger partial charge in [0.1, 0.15) is 5.56 Å². The summed E-state index contributed by atoms with van der Waals surface area (Å²) in [6, 6.07) is 7.47. The average molecular weight is 240 g/mol. The number of nitrogens with zero attached hydrogens (tertiary/aromatic N) is 1. The number of para-hydroxylation sites is 1. The maximum Gasteiger partial charge on any atom is 0.260 e. The molecule has 0 radical (unpaired) electrons. The van der Waals surface area contributed by atoms with Crippen LogP contribution < -0.4 is 5.43 Å². The Kier molecular flexibility index (Phi) is 1.77. The molecule has 18 heavy (non-hydrogen) atoms. The van der Waals surface area contributed by atoms with Crippen molar-refractivity contribution in [2.24, 2.45) is 0 Å². The van der Waals surface area contributed by atoms with Gasteiger partial charge in [0, 0.05) is 17.4 Å². The smallest absolute Gasteiger partial charge is 0.260 e. The van der Waals surface area contributed by atoms with Crippen LogP contribution >= 0.6 is 0 Å². The number of carbonyl (C=O) groups is 1. The standard InChI is InChI=1S/C14H12N2O2/c17-13-8-4-1-2-5-9(8)15-12-10-6-3-7-16(10)14(18)11(12)13/h1-2,4-5,10H,3,6-7H2,(H,15,17)/t10-/m0/s1. The van der Waals surface area contributed by atoms with Crippen LogP contribution in [0.25, 0.3) is 10.9 Å². The summed E-state index contributed by atoms with van der Waals surface area (Å²) in [4.78, 5) is 29.8. The van der Waals surface area contributed by atoms with E-state index in [1.807, 2.05) is 23.1 Å². The van der Waals surface area contributed by atoms with Gasteiger partial charge in [-0.05, 0) is 25.0 Å². The van der Waals surface area contributed by atoms with Gasteiger partial charge in [-0.25, -0.2) is 0 Å². The lowest BCUT2D eigenvalue weighted by molar-refractivity contribution is 0.0775. The molecule has 2 aliphatic heterocycles. The molecule has 1 N–H and O–H groups in total. The van der Waals surface area contributed by atoms with Gasteiger partial charge in [0.25, 0.3) is 5.91 Å².